The summed E-state index contributed by atoms with van der Waals surface area (Å²) in [7, 11) is 3.49. The molecule has 1 N–H and O–H groups in total. The van der Waals surface area contributed by atoms with E-state index in [9.17, 15) is 9.59 Å². The average Bonchev–Trinajstić information content (AvgIpc) is 2.64. The molecule has 0 fully saturated rings. The Hall–Kier alpha value is -2.82. The summed E-state index contributed by atoms with van der Waals surface area (Å²) in [6.07, 6.45) is 1.08. The molecule has 2 amide bonds. The van der Waals surface area contributed by atoms with Crippen molar-refractivity contribution in [2.45, 2.75) is 39.0 Å². The Labute approximate surface area is 167 Å². The van der Waals surface area contributed by atoms with E-state index in [2.05, 4.69) is 26.1 Å². The molecule has 0 spiro atoms. The van der Waals surface area contributed by atoms with Crippen LogP contribution in [0.15, 0.2) is 48.5 Å². The molecule has 0 saturated carbocycles. The lowest BCUT2D eigenvalue weighted by molar-refractivity contribution is -0.128. The highest BCUT2D eigenvalue weighted by Crippen LogP contribution is 2.24. The molecule has 28 heavy (non-hydrogen) atoms. The Morgan fingerprint density at radius 1 is 1.04 bits per heavy atom. The fourth-order valence-electron chi connectivity index (χ4n) is 2.68. The van der Waals surface area contributed by atoms with Gasteiger partial charge in [-0.05, 0) is 47.2 Å². The van der Waals surface area contributed by atoms with Gasteiger partial charge in [-0.15, -0.1) is 0 Å². The Morgan fingerprint density at radius 2 is 1.71 bits per heavy atom. The van der Waals surface area contributed by atoms with Gasteiger partial charge in [-0.25, -0.2) is 0 Å². The van der Waals surface area contributed by atoms with Crippen molar-refractivity contribution < 1.29 is 14.3 Å². The minimum absolute atomic E-state index is 0.0573. The van der Waals surface area contributed by atoms with Gasteiger partial charge in [-0.1, -0.05) is 45.0 Å². The number of benzene rings is 2. The molecule has 5 nitrogen and oxygen atoms in total. The van der Waals surface area contributed by atoms with Gasteiger partial charge in [-0.2, -0.15) is 0 Å². The van der Waals surface area contributed by atoms with Crippen LogP contribution in [-0.2, 0) is 21.4 Å². The molecule has 0 radical (unpaired) electrons. The molecule has 0 saturated heterocycles. The van der Waals surface area contributed by atoms with Crippen molar-refractivity contribution in [3.05, 3.63) is 59.7 Å². The van der Waals surface area contributed by atoms with Gasteiger partial charge in [-0.3, -0.25) is 9.59 Å². The quantitative estimate of drug-likeness (QED) is 0.787. The molecule has 0 atom stereocenters. The molecule has 0 unspecified atom stereocenters. The maximum Gasteiger partial charge on any atom is 0.262 e. The fourth-order valence-corrected chi connectivity index (χ4v) is 2.68. The predicted octanol–water partition coefficient (Wildman–Crippen LogP) is 4.02. The van der Waals surface area contributed by atoms with Crippen LogP contribution in [0.2, 0.25) is 0 Å². The summed E-state index contributed by atoms with van der Waals surface area (Å²) in [5, 5.41) is 2.84. The summed E-state index contributed by atoms with van der Waals surface area (Å²) < 4.78 is 5.58. The zero-order chi connectivity index (χ0) is 20.7. The van der Waals surface area contributed by atoms with Gasteiger partial charge < -0.3 is 15.0 Å². The standard InChI is InChI=1S/C23H30N2O3/c1-23(2,3)18-10-12-20(13-11-18)28-16-21(26)24-19-8-6-7-17(15-19)9-14-22(27)25(4)5/h6-8,10-13,15H,9,14,16H2,1-5H3,(H,24,26). The second-order valence-corrected chi connectivity index (χ2v) is 8.10. The Bertz CT molecular complexity index is 805. The van der Waals surface area contributed by atoms with Crippen LogP contribution >= 0.6 is 0 Å². The van der Waals surface area contributed by atoms with Crippen molar-refractivity contribution in [1.82, 2.24) is 4.90 Å². The number of hydrogen-bond donors (Lipinski definition) is 1. The molecular formula is C23H30N2O3. The largest absolute Gasteiger partial charge is 0.484 e. The number of nitrogens with zero attached hydrogens (tertiary/aromatic N) is 1. The molecule has 0 aliphatic carbocycles. The van der Waals surface area contributed by atoms with Crippen LogP contribution in [0.4, 0.5) is 5.69 Å². The van der Waals surface area contributed by atoms with Crippen LogP contribution in [0, 0.1) is 0 Å². The topological polar surface area (TPSA) is 58.6 Å². The molecular weight excluding hydrogens is 352 g/mol. The number of rotatable bonds is 7. The van der Waals surface area contributed by atoms with Crippen molar-refractivity contribution in [2.24, 2.45) is 0 Å². The summed E-state index contributed by atoms with van der Waals surface area (Å²) in [6, 6.07) is 15.3. The van der Waals surface area contributed by atoms with Crippen LogP contribution in [0.25, 0.3) is 0 Å². The van der Waals surface area contributed by atoms with Crippen LogP contribution in [0.5, 0.6) is 5.75 Å². The molecule has 0 aliphatic heterocycles. The average molecular weight is 383 g/mol. The van der Waals surface area contributed by atoms with E-state index in [1.807, 2.05) is 48.5 Å². The number of carbonyl (C=O) groups is 2. The smallest absolute Gasteiger partial charge is 0.262 e. The van der Waals surface area contributed by atoms with E-state index in [1.54, 1.807) is 19.0 Å². The highest BCUT2D eigenvalue weighted by molar-refractivity contribution is 5.92. The first-order chi connectivity index (χ1) is 13.1. The van der Waals surface area contributed by atoms with E-state index < -0.39 is 0 Å². The first-order valence-corrected chi connectivity index (χ1v) is 9.47. The van der Waals surface area contributed by atoms with Crippen LogP contribution in [0.1, 0.15) is 38.3 Å². The number of aryl methyl sites for hydroxylation is 1. The Balaban J connectivity index is 1.86. The summed E-state index contributed by atoms with van der Waals surface area (Å²) in [5.74, 6) is 0.529. The second kappa shape index (κ2) is 9.40. The van der Waals surface area contributed by atoms with E-state index in [0.717, 1.165) is 5.56 Å². The first-order valence-electron chi connectivity index (χ1n) is 9.47. The maximum absolute atomic E-state index is 12.2. The number of nitrogens with one attached hydrogen (secondary N) is 1. The lowest BCUT2D eigenvalue weighted by Crippen LogP contribution is -2.22. The number of anilines is 1. The van der Waals surface area contributed by atoms with Crippen molar-refractivity contribution in [3.8, 4) is 5.75 Å². The number of ether oxygens (including phenoxy) is 1. The third-order valence-corrected chi connectivity index (χ3v) is 4.43. The van der Waals surface area contributed by atoms with Crippen LogP contribution in [-0.4, -0.2) is 37.4 Å². The van der Waals surface area contributed by atoms with Gasteiger partial charge in [0.15, 0.2) is 6.61 Å². The summed E-state index contributed by atoms with van der Waals surface area (Å²) in [5.41, 5.74) is 3.00. The molecule has 5 heteroatoms. The van der Waals surface area contributed by atoms with Crippen molar-refractivity contribution >= 4 is 17.5 Å². The van der Waals surface area contributed by atoms with E-state index in [4.69, 9.17) is 4.74 Å². The molecule has 0 aliphatic rings. The molecule has 150 valence electrons. The molecule has 0 aromatic heterocycles. The SMILES string of the molecule is CN(C)C(=O)CCc1cccc(NC(=O)COc2ccc(C(C)(C)C)cc2)c1. The zero-order valence-electron chi connectivity index (χ0n) is 17.4. The van der Waals surface area contributed by atoms with E-state index >= 15 is 0 Å². The monoisotopic (exact) mass is 382 g/mol. The molecule has 2 rings (SSSR count). The van der Waals surface area contributed by atoms with Crippen LogP contribution < -0.4 is 10.1 Å². The zero-order valence-corrected chi connectivity index (χ0v) is 17.4. The summed E-state index contributed by atoms with van der Waals surface area (Å²) in [4.78, 5) is 25.5. The lowest BCUT2D eigenvalue weighted by Gasteiger charge is -2.19. The van der Waals surface area contributed by atoms with Crippen molar-refractivity contribution in [1.29, 1.82) is 0 Å². The number of amides is 2. The van der Waals surface area contributed by atoms with Crippen molar-refractivity contribution in [3.63, 3.8) is 0 Å². The maximum atomic E-state index is 12.2. The fraction of sp³-hybridized carbons (Fsp3) is 0.391. The van der Waals surface area contributed by atoms with Gasteiger partial charge in [0.2, 0.25) is 5.91 Å². The Kier molecular flexibility index (Phi) is 7.21. The van der Waals surface area contributed by atoms with E-state index in [-0.39, 0.29) is 23.8 Å². The van der Waals surface area contributed by atoms with E-state index in [0.29, 0.717) is 24.3 Å². The molecule has 2 aromatic carbocycles. The predicted molar refractivity (Wildman–Crippen MR) is 113 cm³/mol. The number of hydrogen-bond acceptors (Lipinski definition) is 3. The number of carbonyl (C=O) groups excluding carboxylic acids is 2. The third kappa shape index (κ3) is 6.72. The third-order valence-electron chi connectivity index (χ3n) is 4.43. The highest BCUT2D eigenvalue weighted by atomic mass is 16.5. The molecule has 0 bridgehead atoms. The second-order valence-electron chi connectivity index (χ2n) is 8.10. The van der Waals surface area contributed by atoms with Gasteiger partial charge in [0.25, 0.3) is 5.91 Å². The summed E-state index contributed by atoms with van der Waals surface area (Å²) in [6.45, 7) is 6.40. The Morgan fingerprint density at radius 3 is 2.32 bits per heavy atom. The summed E-state index contributed by atoms with van der Waals surface area (Å²) >= 11 is 0. The minimum Gasteiger partial charge on any atom is -0.484 e. The molecule has 0 heterocycles. The van der Waals surface area contributed by atoms with Gasteiger partial charge in [0.1, 0.15) is 5.75 Å². The lowest BCUT2D eigenvalue weighted by atomic mass is 9.87. The molecule has 2 aromatic rings. The van der Waals surface area contributed by atoms with E-state index in [1.165, 1.54) is 5.56 Å². The van der Waals surface area contributed by atoms with Crippen molar-refractivity contribution in [2.75, 3.05) is 26.0 Å². The first kappa shape index (κ1) is 21.5. The van der Waals surface area contributed by atoms with Gasteiger partial charge >= 0.3 is 0 Å². The van der Waals surface area contributed by atoms with Gasteiger partial charge in [0, 0.05) is 26.2 Å². The normalized spacial score (nSPS) is 11.0. The highest BCUT2D eigenvalue weighted by Gasteiger charge is 2.13. The van der Waals surface area contributed by atoms with Gasteiger partial charge in [0.05, 0.1) is 0 Å². The van der Waals surface area contributed by atoms with Crippen LogP contribution in [0.3, 0.4) is 0 Å². The minimum atomic E-state index is -0.221.